The van der Waals surface area contributed by atoms with Crippen molar-refractivity contribution in [3.05, 3.63) is 29.8 Å². The minimum atomic E-state index is 0.314. The van der Waals surface area contributed by atoms with Crippen molar-refractivity contribution in [1.29, 1.82) is 0 Å². The third kappa shape index (κ3) is 1.53. The predicted octanol–water partition coefficient (Wildman–Crippen LogP) is 2.76. The number of anilines is 1. The normalized spacial score (nSPS) is 24.1. The van der Waals surface area contributed by atoms with Gasteiger partial charge in [0.1, 0.15) is 0 Å². The Morgan fingerprint density at radius 1 is 1.25 bits per heavy atom. The van der Waals surface area contributed by atoms with Crippen LogP contribution in [0.3, 0.4) is 0 Å². The fourth-order valence-electron chi connectivity index (χ4n) is 2.55. The van der Waals surface area contributed by atoms with Crippen LogP contribution in [0.15, 0.2) is 24.3 Å². The zero-order valence-electron chi connectivity index (χ0n) is 9.65. The Morgan fingerprint density at radius 2 is 2.00 bits per heavy atom. The summed E-state index contributed by atoms with van der Waals surface area (Å²) in [6.45, 7) is 2.16. The Hall–Kier alpha value is -1.31. The summed E-state index contributed by atoms with van der Waals surface area (Å²) in [6.07, 6.45) is 4.37. The molecule has 0 bridgehead atoms. The van der Waals surface area contributed by atoms with Gasteiger partial charge in [0.25, 0.3) is 0 Å². The van der Waals surface area contributed by atoms with Crippen LogP contribution in [0.5, 0.6) is 0 Å². The molecule has 1 aliphatic heterocycles. The number of fused-ring (bicyclic) bond motifs is 1. The van der Waals surface area contributed by atoms with Gasteiger partial charge in [-0.15, -0.1) is 0 Å². The van der Waals surface area contributed by atoms with Gasteiger partial charge in [-0.25, -0.2) is 0 Å². The van der Waals surface area contributed by atoms with Crippen LogP contribution >= 0.6 is 0 Å². The van der Waals surface area contributed by atoms with Crippen LogP contribution < -0.4 is 4.90 Å². The second-order valence-electron chi connectivity index (χ2n) is 5.00. The van der Waals surface area contributed by atoms with E-state index < -0.39 is 0 Å². The van der Waals surface area contributed by atoms with E-state index in [0.717, 1.165) is 31.4 Å². The monoisotopic (exact) mass is 215 g/mol. The molecule has 1 atom stereocenters. The maximum absolute atomic E-state index is 12.3. The Balaban J connectivity index is 1.99. The van der Waals surface area contributed by atoms with Crippen molar-refractivity contribution in [2.75, 3.05) is 4.90 Å². The van der Waals surface area contributed by atoms with Gasteiger partial charge < -0.3 is 4.90 Å². The van der Waals surface area contributed by atoms with Crippen LogP contribution in [0.1, 0.15) is 31.7 Å². The lowest BCUT2D eigenvalue weighted by Crippen LogP contribution is -2.42. The van der Waals surface area contributed by atoms with Crippen molar-refractivity contribution in [3.63, 3.8) is 0 Å². The zero-order valence-corrected chi connectivity index (χ0v) is 9.65. The van der Waals surface area contributed by atoms with Crippen molar-refractivity contribution in [1.82, 2.24) is 0 Å². The lowest BCUT2D eigenvalue weighted by molar-refractivity contribution is -0.120. The van der Waals surface area contributed by atoms with Crippen molar-refractivity contribution < 1.29 is 4.79 Å². The third-order valence-electron chi connectivity index (χ3n) is 3.69. The van der Waals surface area contributed by atoms with E-state index in [-0.39, 0.29) is 0 Å². The Kier molecular flexibility index (Phi) is 2.23. The molecule has 16 heavy (non-hydrogen) atoms. The number of rotatable bonds is 1. The van der Waals surface area contributed by atoms with E-state index in [1.165, 1.54) is 5.56 Å². The number of carbonyl (C=O) groups excluding carboxylic acids is 1. The Labute approximate surface area is 96.3 Å². The molecule has 1 amide bonds. The van der Waals surface area contributed by atoms with Crippen molar-refractivity contribution in [2.45, 2.75) is 38.6 Å². The largest absolute Gasteiger partial charge is 0.309 e. The molecule has 3 rings (SSSR count). The van der Waals surface area contributed by atoms with Crippen molar-refractivity contribution in [2.24, 2.45) is 5.92 Å². The van der Waals surface area contributed by atoms with Gasteiger partial charge in [-0.1, -0.05) is 18.2 Å². The maximum Gasteiger partial charge on any atom is 0.230 e. The second-order valence-corrected chi connectivity index (χ2v) is 5.00. The quantitative estimate of drug-likeness (QED) is 0.705. The fraction of sp³-hybridized carbons (Fsp3) is 0.500. The molecule has 2 aliphatic rings. The number of nitrogens with zero attached hydrogens (tertiary/aromatic N) is 1. The van der Waals surface area contributed by atoms with E-state index in [1.54, 1.807) is 0 Å². The smallest absolute Gasteiger partial charge is 0.230 e. The molecule has 1 heterocycles. The van der Waals surface area contributed by atoms with E-state index in [2.05, 4.69) is 25.1 Å². The van der Waals surface area contributed by atoms with E-state index in [4.69, 9.17) is 0 Å². The summed E-state index contributed by atoms with van der Waals surface area (Å²) in [5.41, 5.74) is 2.48. The first-order valence-electron chi connectivity index (χ1n) is 6.18. The Bertz CT molecular complexity index is 422. The third-order valence-corrected chi connectivity index (χ3v) is 3.69. The molecule has 2 nitrogen and oxygen atoms in total. The van der Waals surface area contributed by atoms with Gasteiger partial charge in [-0.3, -0.25) is 4.79 Å². The summed E-state index contributed by atoms with van der Waals surface area (Å²) < 4.78 is 0. The number of amides is 1. The highest BCUT2D eigenvalue weighted by molar-refractivity contribution is 5.98. The first-order chi connectivity index (χ1) is 7.77. The molecule has 0 saturated heterocycles. The molecule has 0 aromatic heterocycles. The summed E-state index contributed by atoms with van der Waals surface area (Å²) in [5, 5.41) is 0. The van der Waals surface area contributed by atoms with Crippen molar-refractivity contribution in [3.8, 4) is 0 Å². The average Bonchev–Trinajstić information content (AvgIpc) is 3.12. The number of carbonyl (C=O) groups is 1. The van der Waals surface area contributed by atoms with Crippen LogP contribution in [0, 0.1) is 5.92 Å². The van der Waals surface area contributed by atoms with Gasteiger partial charge in [0.05, 0.1) is 0 Å². The summed E-state index contributed by atoms with van der Waals surface area (Å²) in [6, 6.07) is 8.70. The van der Waals surface area contributed by atoms with E-state index in [0.29, 0.717) is 17.9 Å². The summed E-state index contributed by atoms with van der Waals surface area (Å²) >= 11 is 0. The first kappa shape index (κ1) is 9.88. The van der Waals surface area contributed by atoms with Crippen LogP contribution in [0.4, 0.5) is 5.69 Å². The molecule has 1 aromatic carbocycles. The van der Waals surface area contributed by atoms with Crippen LogP contribution in [0.2, 0.25) is 0 Å². The summed E-state index contributed by atoms with van der Waals surface area (Å²) in [7, 11) is 0. The molecule has 0 spiro atoms. The molecule has 1 unspecified atom stereocenters. The van der Waals surface area contributed by atoms with Crippen LogP contribution in [-0.2, 0) is 11.2 Å². The molecule has 1 aliphatic carbocycles. The maximum atomic E-state index is 12.3. The van der Waals surface area contributed by atoms with Gasteiger partial charge in [0.2, 0.25) is 5.91 Å². The fourth-order valence-corrected chi connectivity index (χ4v) is 2.55. The summed E-state index contributed by atoms with van der Waals surface area (Å²) in [4.78, 5) is 14.3. The molecule has 84 valence electrons. The van der Waals surface area contributed by atoms with Gasteiger partial charge in [-0.2, -0.15) is 0 Å². The van der Waals surface area contributed by atoms with Gasteiger partial charge in [-0.05, 0) is 44.2 Å². The number of benzene rings is 1. The van der Waals surface area contributed by atoms with Crippen LogP contribution in [0.25, 0.3) is 0 Å². The molecular weight excluding hydrogens is 198 g/mol. The van der Waals surface area contributed by atoms with Gasteiger partial charge in [0.15, 0.2) is 0 Å². The highest BCUT2D eigenvalue weighted by atomic mass is 16.2. The van der Waals surface area contributed by atoms with Crippen LogP contribution in [-0.4, -0.2) is 11.9 Å². The van der Waals surface area contributed by atoms with Gasteiger partial charge >= 0.3 is 0 Å². The molecular formula is C14H17NO. The number of aryl methyl sites for hydroxylation is 1. The zero-order chi connectivity index (χ0) is 11.1. The average molecular weight is 215 g/mol. The first-order valence-corrected chi connectivity index (χ1v) is 6.18. The molecule has 1 aromatic rings. The lowest BCUT2D eigenvalue weighted by Gasteiger charge is -2.35. The topological polar surface area (TPSA) is 20.3 Å². The minimum absolute atomic E-state index is 0.314. The van der Waals surface area contributed by atoms with Gasteiger partial charge in [0, 0.05) is 17.6 Å². The Morgan fingerprint density at radius 3 is 2.75 bits per heavy atom. The standard InChI is InChI=1S/C14H17NO/c1-10-6-7-11-4-2-3-5-13(11)15(10)14(16)12-8-9-12/h2-5,10,12H,6-9H2,1H3. The predicted molar refractivity (Wildman–Crippen MR) is 64.4 cm³/mol. The second kappa shape index (κ2) is 3.62. The lowest BCUT2D eigenvalue weighted by atomic mass is 9.96. The number of para-hydroxylation sites is 1. The highest BCUT2D eigenvalue weighted by Crippen LogP contribution is 2.37. The highest BCUT2D eigenvalue weighted by Gasteiger charge is 2.37. The van der Waals surface area contributed by atoms with Crippen molar-refractivity contribution >= 4 is 11.6 Å². The summed E-state index contributed by atoms with van der Waals surface area (Å²) in [5.74, 6) is 0.660. The molecule has 1 fully saturated rings. The molecule has 0 N–H and O–H groups in total. The molecule has 0 radical (unpaired) electrons. The number of hydrogen-bond acceptors (Lipinski definition) is 1. The van der Waals surface area contributed by atoms with E-state index in [1.807, 2.05) is 11.0 Å². The number of hydrogen-bond donors (Lipinski definition) is 0. The SMILES string of the molecule is CC1CCc2ccccc2N1C(=O)C1CC1. The van der Waals surface area contributed by atoms with E-state index in [9.17, 15) is 4.79 Å². The van der Waals surface area contributed by atoms with E-state index >= 15 is 0 Å². The minimum Gasteiger partial charge on any atom is -0.309 e. The molecule has 1 saturated carbocycles. The molecule has 2 heteroatoms.